The highest BCUT2D eigenvalue weighted by Gasteiger charge is 2.19. The molecule has 0 aromatic heterocycles. The van der Waals surface area contributed by atoms with Crippen LogP contribution in [0.1, 0.15) is 335 Å². The van der Waals surface area contributed by atoms with Crippen molar-refractivity contribution in [2.24, 2.45) is 0 Å². The Morgan fingerprint density at radius 1 is 0.256 bits per heavy atom. The summed E-state index contributed by atoms with van der Waals surface area (Å²) in [6.45, 7) is 6.38. The maximum atomic E-state index is 12.9. The van der Waals surface area contributed by atoms with E-state index in [0.717, 1.165) is 109 Å². The van der Waals surface area contributed by atoms with Gasteiger partial charge in [-0.15, -0.1) is 0 Å². The largest absolute Gasteiger partial charge is 0.462 e. The van der Waals surface area contributed by atoms with Gasteiger partial charge in [0.25, 0.3) is 0 Å². The molecule has 0 N–H and O–H groups in total. The zero-order valence-corrected chi connectivity index (χ0v) is 54.0. The maximum Gasteiger partial charge on any atom is 0.306 e. The van der Waals surface area contributed by atoms with Gasteiger partial charge in [0.1, 0.15) is 13.2 Å². The second kappa shape index (κ2) is 69.6. The normalized spacial score (nSPS) is 12.8. The van der Waals surface area contributed by atoms with E-state index in [1.807, 2.05) is 6.08 Å². The molecule has 0 bridgehead atoms. The fourth-order valence-corrected chi connectivity index (χ4v) is 9.90. The highest BCUT2D eigenvalue weighted by atomic mass is 16.6. The molecule has 0 saturated carbocycles. The summed E-state index contributed by atoms with van der Waals surface area (Å²) in [6, 6.07) is 0. The summed E-state index contributed by atoms with van der Waals surface area (Å²) in [5.74, 6) is -0.988. The summed E-state index contributed by atoms with van der Waals surface area (Å²) >= 11 is 0. The van der Waals surface area contributed by atoms with Crippen molar-refractivity contribution < 1.29 is 28.6 Å². The topological polar surface area (TPSA) is 78.9 Å². The second-order valence-corrected chi connectivity index (χ2v) is 23.0. The zero-order valence-electron chi connectivity index (χ0n) is 54.0. The van der Waals surface area contributed by atoms with Gasteiger partial charge in [0.2, 0.25) is 0 Å². The standard InChI is InChI=1S/C76H130O6/c1-4-7-10-13-16-19-22-25-27-29-31-33-35-36-37-38-39-41-42-44-46-48-51-54-57-60-63-66-69-75(78)81-72-73(71-80-74(77)68-65-62-59-56-53-50-24-21-18-15-12-9-6-3)82-76(79)70-67-64-61-58-55-52-49-47-45-43-40-34-32-30-28-26-23-20-17-14-11-8-5-2/h8-9,11-12,17-18,20-21,26,28,32,34,43,45,50,53,59,62,73H,4-7,10,13-16,19,22-25,27,29-31,33,35-42,44,46-49,51-52,54-58,60-61,63-72H2,1-3H3/b11-8-,12-9-,20-17-,21-18-,28-26-,34-32-,45-43-,53-50-,62-59-. The van der Waals surface area contributed by atoms with Crippen LogP contribution in [0.4, 0.5) is 0 Å². The van der Waals surface area contributed by atoms with Gasteiger partial charge < -0.3 is 14.2 Å². The van der Waals surface area contributed by atoms with Crippen LogP contribution >= 0.6 is 0 Å². The third-order valence-corrected chi connectivity index (χ3v) is 15.0. The Labute approximate surface area is 508 Å². The average molecular weight is 1140 g/mol. The Morgan fingerprint density at radius 3 is 0.817 bits per heavy atom. The monoisotopic (exact) mass is 1140 g/mol. The highest BCUT2D eigenvalue weighted by Crippen LogP contribution is 2.18. The molecule has 470 valence electrons. The predicted octanol–water partition coefficient (Wildman–Crippen LogP) is 24.2. The number of hydrogen-bond acceptors (Lipinski definition) is 6. The summed E-state index contributed by atoms with van der Waals surface area (Å²) in [6.07, 6.45) is 95.7. The molecule has 0 rings (SSSR count). The first-order valence-corrected chi connectivity index (χ1v) is 34.9. The van der Waals surface area contributed by atoms with E-state index in [2.05, 4.69) is 124 Å². The van der Waals surface area contributed by atoms with Crippen molar-refractivity contribution >= 4 is 17.9 Å². The van der Waals surface area contributed by atoms with E-state index in [-0.39, 0.29) is 37.5 Å². The first kappa shape index (κ1) is 78.1. The maximum absolute atomic E-state index is 12.9. The van der Waals surface area contributed by atoms with Gasteiger partial charge in [0, 0.05) is 19.3 Å². The van der Waals surface area contributed by atoms with Crippen molar-refractivity contribution in [1.29, 1.82) is 0 Å². The van der Waals surface area contributed by atoms with E-state index in [9.17, 15) is 14.4 Å². The minimum atomic E-state index is -0.815. The van der Waals surface area contributed by atoms with Gasteiger partial charge in [0.05, 0.1) is 0 Å². The third-order valence-electron chi connectivity index (χ3n) is 15.0. The van der Waals surface area contributed by atoms with E-state index in [4.69, 9.17) is 14.2 Å². The van der Waals surface area contributed by atoms with Gasteiger partial charge in [-0.25, -0.2) is 0 Å². The lowest BCUT2D eigenvalue weighted by Gasteiger charge is -2.18. The van der Waals surface area contributed by atoms with Crippen molar-refractivity contribution in [3.63, 3.8) is 0 Å². The molecule has 0 amide bonds. The van der Waals surface area contributed by atoms with Crippen LogP contribution in [-0.2, 0) is 28.6 Å². The Hall–Kier alpha value is -3.93. The SMILES string of the molecule is CC/C=C\C/C=C\C/C=C\C/C=C\C/C=C\CCCCCCCCCC(=O)OC(COC(=O)CC/C=C\C/C=C\C/C=C\C/C=C\CC)COC(=O)CCCCCCCCCCCCCCCCCCCCCCCCCCCCCC. The molecule has 1 unspecified atom stereocenters. The fourth-order valence-electron chi connectivity index (χ4n) is 9.90. The van der Waals surface area contributed by atoms with Crippen LogP contribution in [-0.4, -0.2) is 37.2 Å². The Morgan fingerprint density at radius 2 is 0.500 bits per heavy atom. The lowest BCUT2D eigenvalue weighted by Crippen LogP contribution is -2.30. The lowest BCUT2D eigenvalue weighted by molar-refractivity contribution is -0.166. The number of hydrogen-bond donors (Lipinski definition) is 0. The smallest absolute Gasteiger partial charge is 0.306 e. The number of allylic oxidation sites excluding steroid dienone is 18. The molecule has 0 fully saturated rings. The quantitative estimate of drug-likeness (QED) is 0.0261. The van der Waals surface area contributed by atoms with Gasteiger partial charge in [-0.05, 0) is 89.9 Å². The van der Waals surface area contributed by atoms with Crippen molar-refractivity contribution in [2.45, 2.75) is 341 Å². The van der Waals surface area contributed by atoms with Crippen molar-refractivity contribution in [3.8, 4) is 0 Å². The van der Waals surface area contributed by atoms with E-state index in [0.29, 0.717) is 19.3 Å². The van der Waals surface area contributed by atoms with Crippen molar-refractivity contribution in [1.82, 2.24) is 0 Å². The van der Waals surface area contributed by atoms with Gasteiger partial charge in [-0.2, -0.15) is 0 Å². The zero-order chi connectivity index (χ0) is 59.2. The Balaban J connectivity index is 4.30. The average Bonchev–Trinajstić information content (AvgIpc) is 3.47. The molecule has 0 aromatic carbocycles. The third kappa shape index (κ3) is 66.9. The summed E-state index contributed by atoms with van der Waals surface area (Å²) in [5, 5.41) is 0. The van der Waals surface area contributed by atoms with Crippen molar-refractivity contribution in [2.75, 3.05) is 13.2 Å². The number of rotatable bonds is 63. The highest BCUT2D eigenvalue weighted by molar-refractivity contribution is 5.71. The molecule has 0 aromatic rings. The molecule has 0 radical (unpaired) electrons. The minimum Gasteiger partial charge on any atom is -0.462 e. The molecular weight excluding hydrogens is 1010 g/mol. The molecule has 0 aliphatic heterocycles. The summed E-state index contributed by atoms with van der Waals surface area (Å²) in [4.78, 5) is 38.3. The Bertz CT molecular complexity index is 1640. The molecule has 0 saturated heterocycles. The second-order valence-electron chi connectivity index (χ2n) is 23.0. The van der Waals surface area contributed by atoms with Gasteiger partial charge in [0.15, 0.2) is 6.10 Å². The summed E-state index contributed by atoms with van der Waals surface area (Å²) < 4.78 is 16.9. The molecule has 0 aliphatic carbocycles. The fraction of sp³-hybridized carbons (Fsp3) is 0.724. The molecule has 0 spiro atoms. The van der Waals surface area contributed by atoms with Crippen LogP contribution < -0.4 is 0 Å². The van der Waals surface area contributed by atoms with Crippen LogP contribution in [0, 0.1) is 0 Å². The lowest BCUT2D eigenvalue weighted by atomic mass is 10.0. The molecule has 0 aliphatic rings. The molecule has 6 nitrogen and oxygen atoms in total. The summed E-state index contributed by atoms with van der Waals surface area (Å²) in [5.41, 5.74) is 0. The number of esters is 3. The number of unbranched alkanes of at least 4 members (excludes halogenated alkanes) is 34. The predicted molar refractivity (Wildman–Crippen MR) is 357 cm³/mol. The van der Waals surface area contributed by atoms with Crippen LogP contribution in [0.2, 0.25) is 0 Å². The number of carbonyl (C=O) groups is 3. The molecule has 0 heterocycles. The molecule has 1 atom stereocenters. The molecular formula is C76H130O6. The van der Waals surface area contributed by atoms with Gasteiger partial charge in [-0.3, -0.25) is 14.4 Å². The van der Waals surface area contributed by atoms with Gasteiger partial charge >= 0.3 is 17.9 Å². The first-order valence-electron chi connectivity index (χ1n) is 34.9. The Kier molecular flexibility index (Phi) is 66.2. The van der Waals surface area contributed by atoms with Gasteiger partial charge in [-0.1, -0.05) is 336 Å². The van der Waals surface area contributed by atoms with E-state index < -0.39 is 6.10 Å². The number of ether oxygens (including phenoxy) is 3. The van der Waals surface area contributed by atoms with E-state index in [1.165, 1.54) is 180 Å². The van der Waals surface area contributed by atoms with Crippen molar-refractivity contribution in [3.05, 3.63) is 109 Å². The minimum absolute atomic E-state index is 0.103. The van der Waals surface area contributed by atoms with Crippen LogP contribution in [0.25, 0.3) is 0 Å². The van der Waals surface area contributed by atoms with Crippen LogP contribution in [0.15, 0.2) is 109 Å². The summed E-state index contributed by atoms with van der Waals surface area (Å²) in [7, 11) is 0. The molecule has 82 heavy (non-hydrogen) atoms. The first-order chi connectivity index (χ1) is 40.5. The van der Waals surface area contributed by atoms with Crippen LogP contribution in [0.3, 0.4) is 0 Å². The van der Waals surface area contributed by atoms with E-state index >= 15 is 0 Å². The van der Waals surface area contributed by atoms with Crippen LogP contribution in [0.5, 0.6) is 0 Å². The number of carbonyl (C=O) groups excluding carboxylic acids is 3. The van der Waals surface area contributed by atoms with E-state index in [1.54, 1.807) is 0 Å². The molecule has 6 heteroatoms.